The fourth-order valence-corrected chi connectivity index (χ4v) is 3.63. The minimum atomic E-state index is 0.356. The highest BCUT2D eigenvalue weighted by molar-refractivity contribution is 5.75. The first-order valence-corrected chi connectivity index (χ1v) is 8.76. The first-order chi connectivity index (χ1) is 10.1. The van der Waals surface area contributed by atoms with Gasteiger partial charge < -0.3 is 4.79 Å². The minimum Gasteiger partial charge on any atom is -0.300 e. The number of rotatable bonds is 6. The molecule has 0 aliphatic carbocycles. The van der Waals surface area contributed by atoms with Crippen LogP contribution in [0.25, 0.3) is 0 Å². The highest BCUT2D eigenvalue weighted by Gasteiger charge is 2.24. The van der Waals surface area contributed by atoms with Gasteiger partial charge in [-0.2, -0.15) is 0 Å². The van der Waals surface area contributed by atoms with Gasteiger partial charge in [0, 0.05) is 38.6 Å². The van der Waals surface area contributed by atoms with Gasteiger partial charge in [0.25, 0.3) is 0 Å². The highest BCUT2D eigenvalue weighted by atomic mass is 16.1. The van der Waals surface area contributed by atoms with Crippen molar-refractivity contribution in [2.75, 3.05) is 45.9 Å². The number of hydrogen-bond acceptors (Lipinski definition) is 4. The van der Waals surface area contributed by atoms with Crippen LogP contribution in [0.3, 0.4) is 0 Å². The topological polar surface area (TPSA) is 26.8 Å². The van der Waals surface area contributed by atoms with E-state index in [0.29, 0.717) is 11.7 Å². The van der Waals surface area contributed by atoms with E-state index in [2.05, 4.69) is 28.5 Å². The molecular weight excluding hydrogens is 262 g/mol. The number of Topliss-reactive ketones (excluding diaryl/α,β-unsaturated/α-hetero) is 1. The van der Waals surface area contributed by atoms with Gasteiger partial charge in [0.05, 0.1) is 6.67 Å². The van der Waals surface area contributed by atoms with Crippen LogP contribution in [0.15, 0.2) is 0 Å². The van der Waals surface area contributed by atoms with Gasteiger partial charge in [0.1, 0.15) is 5.78 Å². The van der Waals surface area contributed by atoms with E-state index in [4.69, 9.17) is 0 Å². The Bertz CT molecular complexity index is 318. The Morgan fingerprint density at radius 1 is 1.05 bits per heavy atom. The lowest BCUT2D eigenvalue weighted by atomic mass is 9.92. The number of likely N-dealkylation sites (tertiary alicyclic amines) is 1. The number of ketones is 1. The third-order valence-electron chi connectivity index (χ3n) is 5.30. The number of hydrogen-bond donors (Lipinski definition) is 0. The van der Waals surface area contributed by atoms with E-state index in [1.54, 1.807) is 6.92 Å². The van der Waals surface area contributed by atoms with Crippen LogP contribution < -0.4 is 0 Å². The molecule has 2 heterocycles. The largest absolute Gasteiger partial charge is 0.300 e. The molecule has 0 bridgehead atoms. The van der Waals surface area contributed by atoms with Crippen molar-refractivity contribution in [1.82, 2.24) is 14.7 Å². The number of carbonyl (C=O) groups is 1. The number of carbonyl (C=O) groups excluding carboxylic acids is 1. The summed E-state index contributed by atoms with van der Waals surface area (Å²) in [7, 11) is 0. The van der Waals surface area contributed by atoms with E-state index in [0.717, 1.165) is 19.1 Å². The van der Waals surface area contributed by atoms with Crippen LogP contribution in [0.2, 0.25) is 0 Å². The molecule has 1 atom stereocenters. The van der Waals surface area contributed by atoms with Gasteiger partial charge in [-0.25, -0.2) is 0 Å². The summed E-state index contributed by atoms with van der Waals surface area (Å²) in [6.45, 7) is 14.7. The minimum absolute atomic E-state index is 0.356. The van der Waals surface area contributed by atoms with Crippen molar-refractivity contribution in [3.8, 4) is 0 Å². The van der Waals surface area contributed by atoms with Crippen LogP contribution >= 0.6 is 0 Å². The van der Waals surface area contributed by atoms with Gasteiger partial charge in [0.15, 0.2) is 0 Å². The summed E-state index contributed by atoms with van der Waals surface area (Å²) in [5.41, 5.74) is 0. The second-order valence-electron chi connectivity index (χ2n) is 7.02. The molecule has 0 saturated carbocycles. The zero-order valence-corrected chi connectivity index (χ0v) is 14.2. The molecule has 0 aromatic rings. The second-order valence-corrected chi connectivity index (χ2v) is 7.02. The van der Waals surface area contributed by atoms with Crippen molar-refractivity contribution in [2.45, 2.75) is 52.5 Å². The fourth-order valence-electron chi connectivity index (χ4n) is 3.63. The Hall–Kier alpha value is -0.450. The molecule has 0 N–H and O–H groups in total. The average molecular weight is 295 g/mol. The molecule has 1 unspecified atom stereocenters. The predicted octanol–water partition coefficient (Wildman–Crippen LogP) is 2.05. The van der Waals surface area contributed by atoms with Crippen molar-refractivity contribution >= 4 is 5.78 Å². The molecule has 4 heteroatoms. The summed E-state index contributed by atoms with van der Waals surface area (Å²) in [4.78, 5) is 19.0. The second kappa shape index (κ2) is 8.25. The number of piperazine rings is 1. The van der Waals surface area contributed by atoms with Crippen molar-refractivity contribution in [1.29, 1.82) is 0 Å². The van der Waals surface area contributed by atoms with Crippen molar-refractivity contribution in [2.24, 2.45) is 5.92 Å². The van der Waals surface area contributed by atoms with Crippen LogP contribution in [-0.2, 0) is 4.79 Å². The Kier molecular flexibility index (Phi) is 6.65. The lowest BCUT2D eigenvalue weighted by molar-refractivity contribution is -0.118. The molecule has 2 saturated heterocycles. The van der Waals surface area contributed by atoms with Gasteiger partial charge in [-0.3, -0.25) is 14.7 Å². The zero-order chi connectivity index (χ0) is 15.2. The standard InChI is InChI=1S/C17H33N3O/c1-4-15(2)20-11-9-19(10-12-20)14-18-7-5-17(6-8-18)13-16(3)21/h15,17H,4-14H2,1-3H3. The maximum absolute atomic E-state index is 11.2. The van der Waals surface area contributed by atoms with Crippen molar-refractivity contribution in [3.05, 3.63) is 0 Å². The molecular formula is C17H33N3O. The lowest BCUT2D eigenvalue weighted by Crippen LogP contribution is -2.53. The molecule has 0 amide bonds. The smallest absolute Gasteiger partial charge is 0.130 e. The first-order valence-electron chi connectivity index (χ1n) is 8.76. The summed E-state index contributed by atoms with van der Waals surface area (Å²) < 4.78 is 0. The van der Waals surface area contributed by atoms with Crippen LogP contribution in [-0.4, -0.2) is 72.5 Å². The molecule has 2 aliphatic rings. The molecule has 2 aliphatic heterocycles. The van der Waals surface area contributed by atoms with E-state index >= 15 is 0 Å². The van der Waals surface area contributed by atoms with Gasteiger partial charge in [0.2, 0.25) is 0 Å². The van der Waals surface area contributed by atoms with Crippen LogP contribution in [0.4, 0.5) is 0 Å². The molecule has 2 fully saturated rings. The zero-order valence-electron chi connectivity index (χ0n) is 14.2. The summed E-state index contributed by atoms with van der Waals surface area (Å²) in [5.74, 6) is 0.996. The Balaban J connectivity index is 1.65. The summed E-state index contributed by atoms with van der Waals surface area (Å²) in [6, 6.07) is 0.731. The quantitative estimate of drug-likeness (QED) is 0.749. The van der Waals surface area contributed by atoms with Gasteiger partial charge in [-0.1, -0.05) is 6.92 Å². The number of nitrogens with zero attached hydrogens (tertiary/aromatic N) is 3. The Morgan fingerprint density at radius 3 is 2.14 bits per heavy atom. The third kappa shape index (κ3) is 5.35. The van der Waals surface area contributed by atoms with Gasteiger partial charge >= 0.3 is 0 Å². The van der Waals surface area contributed by atoms with E-state index in [9.17, 15) is 4.79 Å². The third-order valence-corrected chi connectivity index (χ3v) is 5.30. The number of piperidine rings is 1. The lowest BCUT2D eigenvalue weighted by Gasteiger charge is -2.41. The molecule has 0 aromatic heterocycles. The normalized spacial score (nSPS) is 25.1. The molecule has 21 heavy (non-hydrogen) atoms. The van der Waals surface area contributed by atoms with E-state index in [1.165, 1.54) is 58.5 Å². The van der Waals surface area contributed by atoms with Crippen LogP contribution in [0.1, 0.15) is 46.5 Å². The molecule has 0 radical (unpaired) electrons. The maximum atomic E-state index is 11.2. The van der Waals surface area contributed by atoms with Crippen LogP contribution in [0.5, 0.6) is 0 Å². The Morgan fingerprint density at radius 2 is 1.62 bits per heavy atom. The monoisotopic (exact) mass is 295 g/mol. The van der Waals surface area contributed by atoms with Gasteiger partial charge in [-0.05, 0) is 52.1 Å². The fraction of sp³-hybridized carbons (Fsp3) is 0.941. The SMILES string of the molecule is CCC(C)N1CCN(CN2CCC(CC(C)=O)CC2)CC1. The predicted molar refractivity (Wildman–Crippen MR) is 87.4 cm³/mol. The van der Waals surface area contributed by atoms with E-state index in [1.807, 2.05) is 0 Å². The Labute approximate surface area is 130 Å². The molecule has 4 nitrogen and oxygen atoms in total. The maximum Gasteiger partial charge on any atom is 0.130 e. The summed E-state index contributed by atoms with van der Waals surface area (Å²) in [6.07, 6.45) is 4.45. The molecule has 2 rings (SSSR count). The molecule has 0 spiro atoms. The first kappa shape index (κ1) is 16.9. The molecule has 0 aromatic carbocycles. The van der Waals surface area contributed by atoms with E-state index < -0.39 is 0 Å². The van der Waals surface area contributed by atoms with Crippen LogP contribution in [0, 0.1) is 5.92 Å². The van der Waals surface area contributed by atoms with Crippen molar-refractivity contribution < 1.29 is 4.79 Å². The van der Waals surface area contributed by atoms with Crippen molar-refractivity contribution in [3.63, 3.8) is 0 Å². The average Bonchev–Trinajstić information content (AvgIpc) is 2.49. The molecule has 122 valence electrons. The summed E-state index contributed by atoms with van der Waals surface area (Å²) >= 11 is 0. The summed E-state index contributed by atoms with van der Waals surface area (Å²) in [5, 5.41) is 0. The van der Waals surface area contributed by atoms with E-state index in [-0.39, 0.29) is 0 Å². The highest BCUT2D eigenvalue weighted by Crippen LogP contribution is 2.21. The van der Waals surface area contributed by atoms with Gasteiger partial charge in [-0.15, -0.1) is 0 Å².